The van der Waals surface area contributed by atoms with Gasteiger partial charge in [0.2, 0.25) is 0 Å². The lowest BCUT2D eigenvalue weighted by Gasteiger charge is -2.05. The first-order valence-corrected chi connectivity index (χ1v) is 6.34. The summed E-state index contributed by atoms with van der Waals surface area (Å²) in [6, 6.07) is 11.8. The number of benzene rings is 1. The Kier molecular flexibility index (Phi) is 4.54. The second-order valence-electron chi connectivity index (χ2n) is 3.58. The van der Waals surface area contributed by atoms with E-state index in [2.05, 4.69) is 20.9 Å². The Balaban J connectivity index is 1.90. The molecule has 0 spiro atoms. The maximum Gasteiger partial charge on any atom is 0.134 e. The topological polar surface area (TPSA) is 22.1 Å². The molecule has 0 saturated heterocycles. The number of nitrogens with zero attached hydrogens (tertiary/aromatic N) is 1. The molecule has 0 bridgehead atoms. The van der Waals surface area contributed by atoms with Gasteiger partial charge >= 0.3 is 0 Å². The van der Waals surface area contributed by atoms with Gasteiger partial charge in [-0.3, -0.25) is 0 Å². The van der Waals surface area contributed by atoms with Crippen molar-refractivity contribution in [1.82, 2.24) is 4.98 Å². The first kappa shape index (κ1) is 12.6. The van der Waals surface area contributed by atoms with Crippen molar-refractivity contribution < 1.29 is 4.74 Å². The first-order chi connectivity index (χ1) is 8.25. The van der Waals surface area contributed by atoms with Gasteiger partial charge in [0.05, 0.1) is 13.2 Å². The van der Waals surface area contributed by atoms with Gasteiger partial charge in [0.15, 0.2) is 0 Å². The number of halogens is 2. The molecule has 1 aromatic carbocycles. The van der Waals surface area contributed by atoms with Crippen LogP contribution in [-0.4, -0.2) is 4.98 Å². The summed E-state index contributed by atoms with van der Waals surface area (Å²) in [6.07, 6.45) is 1.67. The third-order valence-corrected chi connectivity index (χ3v) is 3.09. The molecule has 1 aromatic heterocycles. The van der Waals surface area contributed by atoms with Gasteiger partial charge in [-0.2, -0.15) is 0 Å². The smallest absolute Gasteiger partial charge is 0.134 e. The summed E-state index contributed by atoms with van der Waals surface area (Å²) < 4.78 is 6.65. The molecule has 88 valence electrons. The molecular weight excluding hydrogens is 302 g/mol. The Labute approximate surface area is 114 Å². The molecule has 0 aliphatic carbocycles. The molecule has 0 unspecified atom stereocenters. The Hall–Kier alpha value is -0.900. The average molecular weight is 313 g/mol. The van der Waals surface area contributed by atoms with E-state index in [9.17, 15) is 0 Å². The van der Waals surface area contributed by atoms with Crippen LogP contribution in [-0.2, 0) is 18.0 Å². The minimum absolute atomic E-state index is 0.471. The highest BCUT2D eigenvalue weighted by molar-refractivity contribution is 9.10. The highest BCUT2D eigenvalue weighted by Gasteiger charge is 2.00. The molecule has 0 amide bonds. The summed E-state index contributed by atoms with van der Waals surface area (Å²) in [6.45, 7) is 1.03. The molecule has 0 aliphatic rings. The number of rotatable bonds is 4. The summed E-state index contributed by atoms with van der Waals surface area (Å²) in [5.74, 6) is 0. The van der Waals surface area contributed by atoms with E-state index in [-0.39, 0.29) is 0 Å². The van der Waals surface area contributed by atoms with Crippen LogP contribution in [0.2, 0.25) is 5.15 Å². The van der Waals surface area contributed by atoms with Crippen molar-refractivity contribution in [3.8, 4) is 0 Å². The predicted octanol–water partition coefficient (Wildman–Crippen LogP) is 4.21. The second kappa shape index (κ2) is 6.15. The Morgan fingerprint density at radius 3 is 2.82 bits per heavy atom. The Bertz CT molecular complexity index is 504. The van der Waals surface area contributed by atoms with Crippen LogP contribution in [0.5, 0.6) is 0 Å². The molecule has 0 saturated carbocycles. The van der Waals surface area contributed by atoms with Gasteiger partial charge in [-0.1, -0.05) is 45.7 Å². The average Bonchev–Trinajstić information content (AvgIpc) is 2.32. The Morgan fingerprint density at radius 2 is 2.06 bits per heavy atom. The highest BCUT2D eigenvalue weighted by Crippen LogP contribution is 2.15. The summed E-state index contributed by atoms with van der Waals surface area (Å²) in [4.78, 5) is 4.00. The molecular formula is C13H11BrClNO. The molecule has 0 N–H and O–H groups in total. The third-order valence-electron chi connectivity index (χ3n) is 2.25. The van der Waals surface area contributed by atoms with E-state index in [1.807, 2.05) is 36.4 Å². The molecule has 2 rings (SSSR count). The predicted molar refractivity (Wildman–Crippen MR) is 71.9 cm³/mol. The van der Waals surface area contributed by atoms with Crippen molar-refractivity contribution in [3.63, 3.8) is 0 Å². The summed E-state index contributed by atoms with van der Waals surface area (Å²) >= 11 is 9.36. The fourth-order valence-electron chi connectivity index (χ4n) is 1.43. The monoisotopic (exact) mass is 311 g/mol. The third kappa shape index (κ3) is 3.80. The molecule has 17 heavy (non-hydrogen) atoms. The van der Waals surface area contributed by atoms with Crippen molar-refractivity contribution in [2.45, 2.75) is 13.2 Å². The molecule has 0 radical (unpaired) electrons. The quantitative estimate of drug-likeness (QED) is 0.789. The van der Waals surface area contributed by atoms with Crippen molar-refractivity contribution in [3.05, 3.63) is 63.3 Å². The number of ether oxygens (including phenoxy) is 1. The van der Waals surface area contributed by atoms with Gasteiger partial charge < -0.3 is 4.74 Å². The largest absolute Gasteiger partial charge is 0.372 e. The van der Waals surface area contributed by atoms with E-state index in [1.54, 1.807) is 6.20 Å². The van der Waals surface area contributed by atoms with E-state index >= 15 is 0 Å². The van der Waals surface area contributed by atoms with Crippen molar-refractivity contribution >= 4 is 27.5 Å². The maximum absolute atomic E-state index is 5.93. The van der Waals surface area contributed by atoms with Crippen LogP contribution in [0, 0.1) is 0 Å². The minimum atomic E-state index is 0.471. The van der Waals surface area contributed by atoms with Crippen molar-refractivity contribution in [2.75, 3.05) is 0 Å². The SMILES string of the molecule is Clc1ncccc1COCc1cccc(Br)c1. The maximum atomic E-state index is 5.93. The van der Waals surface area contributed by atoms with Crippen molar-refractivity contribution in [1.29, 1.82) is 0 Å². The highest BCUT2D eigenvalue weighted by atomic mass is 79.9. The van der Waals surface area contributed by atoms with E-state index < -0.39 is 0 Å². The van der Waals surface area contributed by atoms with Gasteiger partial charge in [-0.15, -0.1) is 0 Å². The fourth-order valence-corrected chi connectivity index (χ4v) is 2.05. The number of hydrogen-bond acceptors (Lipinski definition) is 2. The number of aromatic nitrogens is 1. The lowest BCUT2D eigenvalue weighted by atomic mass is 10.2. The number of pyridine rings is 1. The van der Waals surface area contributed by atoms with E-state index in [4.69, 9.17) is 16.3 Å². The van der Waals surface area contributed by atoms with Crippen LogP contribution in [0.15, 0.2) is 47.1 Å². The lowest BCUT2D eigenvalue weighted by molar-refractivity contribution is 0.107. The molecule has 0 aliphatic heterocycles. The molecule has 4 heteroatoms. The van der Waals surface area contributed by atoms with Crippen LogP contribution in [0.1, 0.15) is 11.1 Å². The van der Waals surface area contributed by atoms with E-state index in [0.717, 1.165) is 15.6 Å². The van der Waals surface area contributed by atoms with Gasteiger partial charge in [-0.05, 0) is 23.8 Å². The van der Waals surface area contributed by atoms with Crippen LogP contribution in [0.3, 0.4) is 0 Å². The number of hydrogen-bond donors (Lipinski definition) is 0. The molecule has 0 atom stereocenters. The Morgan fingerprint density at radius 1 is 1.18 bits per heavy atom. The van der Waals surface area contributed by atoms with Crippen LogP contribution in [0.25, 0.3) is 0 Å². The van der Waals surface area contributed by atoms with Crippen molar-refractivity contribution in [2.24, 2.45) is 0 Å². The zero-order valence-electron chi connectivity index (χ0n) is 9.07. The summed E-state index contributed by atoms with van der Waals surface area (Å²) in [7, 11) is 0. The molecule has 2 aromatic rings. The normalized spacial score (nSPS) is 10.5. The standard InChI is InChI=1S/C13H11BrClNO/c14-12-5-1-3-10(7-12)8-17-9-11-4-2-6-16-13(11)15/h1-7H,8-9H2. The van der Waals surface area contributed by atoms with E-state index in [1.165, 1.54) is 0 Å². The zero-order valence-corrected chi connectivity index (χ0v) is 11.4. The summed E-state index contributed by atoms with van der Waals surface area (Å²) in [5, 5.41) is 0.502. The van der Waals surface area contributed by atoms with Gasteiger partial charge in [0.25, 0.3) is 0 Å². The van der Waals surface area contributed by atoms with Gasteiger partial charge in [0.1, 0.15) is 5.15 Å². The molecule has 0 fully saturated rings. The second-order valence-corrected chi connectivity index (χ2v) is 4.85. The minimum Gasteiger partial charge on any atom is -0.372 e. The van der Waals surface area contributed by atoms with Crippen LogP contribution >= 0.6 is 27.5 Å². The van der Waals surface area contributed by atoms with E-state index in [0.29, 0.717) is 18.4 Å². The first-order valence-electron chi connectivity index (χ1n) is 5.17. The van der Waals surface area contributed by atoms with Crippen LogP contribution in [0.4, 0.5) is 0 Å². The van der Waals surface area contributed by atoms with Crippen LogP contribution < -0.4 is 0 Å². The molecule has 1 heterocycles. The lowest BCUT2D eigenvalue weighted by Crippen LogP contribution is -1.95. The van der Waals surface area contributed by atoms with Gasteiger partial charge in [-0.25, -0.2) is 4.98 Å². The molecule has 2 nitrogen and oxygen atoms in total. The summed E-state index contributed by atoms with van der Waals surface area (Å²) in [5.41, 5.74) is 2.03. The fraction of sp³-hybridized carbons (Fsp3) is 0.154. The zero-order chi connectivity index (χ0) is 12.1. The van der Waals surface area contributed by atoms with Gasteiger partial charge in [0, 0.05) is 16.2 Å².